The lowest BCUT2D eigenvalue weighted by molar-refractivity contribution is 0.0724. The molecule has 6 nitrogen and oxygen atoms in total. The zero-order valence-corrected chi connectivity index (χ0v) is 17.2. The second-order valence-corrected chi connectivity index (χ2v) is 8.84. The number of carbonyl (C=O) groups is 1. The summed E-state index contributed by atoms with van der Waals surface area (Å²) in [4.78, 5) is 14.5. The fraction of sp³-hybridized carbons (Fsp3) is 0.350. The van der Waals surface area contributed by atoms with Crippen LogP contribution in [0.25, 0.3) is 0 Å². The molecule has 1 amide bonds. The number of carbonyl (C=O) groups excluding carboxylic acids is 1. The molecule has 0 atom stereocenters. The number of hydrogen-bond donors (Lipinski definition) is 1. The first kappa shape index (κ1) is 20.6. The van der Waals surface area contributed by atoms with Crippen LogP contribution in [0.1, 0.15) is 35.2 Å². The van der Waals surface area contributed by atoms with Gasteiger partial charge in [-0.25, -0.2) is 13.1 Å². The van der Waals surface area contributed by atoms with E-state index in [-0.39, 0.29) is 23.1 Å². The minimum absolute atomic E-state index is 0.0492. The molecular formula is C20H23ClN2O4S. The van der Waals surface area contributed by atoms with Gasteiger partial charge in [-0.3, -0.25) is 4.79 Å². The van der Waals surface area contributed by atoms with Crippen molar-refractivity contribution in [2.24, 2.45) is 0 Å². The van der Waals surface area contributed by atoms with Gasteiger partial charge in [0.15, 0.2) is 0 Å². The van der Waals surface area contributed by atoms with Crippen molar-refractivity contribution in [2.45, 2.75) is 30.7 Å². The van der Waals surface area contributed by atoms with Crippen molar-refractivity contribution in [3.05, 3.63) is 58.6 Å². The van der Waals surface area contributed by atoms with E-state index >= 15 is 0 Å². The van der Waals surface area contributed by atoms with Gasteiger partial charge in [-0.15, -0.1) is 0 Å². The number of nitrogens with one attached hydrogen (secondary N) is 1. The molecule has 3 rings (SSSR count). The number of sulfonamides is 1. The highest BCUT2D eigenvalue weighted by Crippen LogP contribution is 2.26. The molecule has 2 aromatic carbocycles. The molecule has 8 heteroatoms. The van der Waals surface area contributed by atoms with Crippen molar-refractivity contribution >= 4 is 27.5 Å². The van der Waals surface area contributed by atoms with Gasteiger partial charge in [0, 0.05) is 30.2 Å². The topological polar surface area (TPSA) is 75.7 Å². The number of amides is 1. The van der Waals surface area contributed by atoms with Crippen LogP contribution < -0.4 is 9.46 Å². The van der Waals surface area contributed by atoms with E-state index in [0.29, 0.717) is 23.7 Å². The number of hydrogen-bond acceptors (Lipinski definition) is 4. The van der Waals surface area contributed by atoms with Gasteiger partial charge in [-0.2, -0.15) is 0 Å². The third-order valence-corrected chi connectivity index (χ3v) is 6.40. The Labute approximate surface area is 170 Å². The second kappa shape index (κ2) is 8.94. The van der Waals surface area contributed by atoms with E-state index in [4.69, 9.17) is 16.3 Å². The van der Waals surface area contributed by atoms with E-state index in [1.807, 2.05) is 0 Å². The van der Waals surface area contributed by atoms with Crippen molar-refractivity contribution in [1.82, 2.24) is 9.62 Å². The zero-order valence-electron chi connectivity index (χ0n) is 15.7. The summed E-state index contributed by atoms with van der Waals surface area (Å²) < 4.78 is 33.5. The molecule has 0 bridgehead atoms. The average Bonchev–Trinajstić information content (AvgIpc) is 2.73. The lowest BCUT2D eigenvalue weighted by Gasteiger charge is -2.27. The maximum absolute atomic E-state index is 12.9. The number of ether oxygens (including phenoxy) is 1. The summed E-state index contributed by atoms with van der Waals surface area (Å²) in [6, 6.07) is 11.4. The van der Waals surface area contributed by atoms with E-state index in [1.54, 1.807) is 35.2 Å². The van der Waals surface area contributed by atoms with Crippen LogP contribution in [0.4, 0.5) is 0 Å². The maximum Gasteiger partial charge on any atom is 0.253 e. The molecule has 28 heavy (non-hydrogen) atoms. The van der Waals surface area contributed by atoms with Gasteiger partial charge in [-0.1, -0.05) is 23.7 Å². The van der Waals surface area contributed by atoms with E-state index in [9.17, 15) is 13.2 Å². The van der Waals surface area contributed by atoms with Crippen LogP contribution in [0.2, 0.25) is 5.02 Å². The molecule has 0 spiro atoms. The molecule has 1 N–H and O–H groups in total. The van der Waals surface area contributed by atoms with Crippen molar-refractivity contribution in [3.63, 3.8) is 0 Å². The standard InChI is InChI=1S/C20H23ClN2O4S/c1-27-18-10-7-16(20(24)23-11-3-2-4-12-23)13-19(18)28(25,26)22-14-15-5-8-17(21)9-6-15/h5-10,13,22H,2-4,11-12,14H2,1H3. The summed E-state index contributed by atoms with van der Waals surface area (Å²) in [6.07, 6.45) is 3.05. The Morgan fingerprint density at radius 1 is 1.11 bits per heavy atom. The van der Waals surface area contributed by atoms with E-state index in [2.05, 4.69) is 4.72 Å². The number of piperidine rings is 1. The average molecular weight is 423 g/mol. The predicted molar refractivity (Wildman–Crippen MR) is 108 cm³/mol. The third kappa shape index (κ3) is 4.84. The van der Waals surface area contributed by atoms with Crippen LogP contribution in [0.5, 0.6) is 5.75 Å². The van der Waals surface area contributed by atoms with Crippen molar-refractivity contribution in [1.29, 1.82) is 0 Å². The number of benzene rings is 2. The molecule has 0 saturated carbocycles. The summed E-state index contributed by atoms with van der Waals surface area (Å²) >= 11 is 5.86. The Morgan fingerprint density at radius 2 is 1.79 bits per heavy atom. The summed E-state index contributed by atoms with van der Waals surface area (Å²) in [6.45, 7) is 1.50. The largest absolute Gasteiger partial charge is 0.495 e. The second-order valence-electron chi connectivity index (χ2n) is 6.67. The lowest BCUT2D eigenvalue weighted by Crippen LogP contribution is -2.35. The number of nitrogens with zero attached hydrogens (tertiary/aromatic N) is 1. The molecule has 1 heterocycles. The third-order valence-electron chi connectivity index (χ3n) is 4.72. The number of rotatable bonds is 6. The molecule has 2 aromatic rings. The van der Waals surface area contributed by atoms with Crippen LogP contribution in [-0.2, 0) is 16.6 Å². The minimum Gasteiger partial charge on any atom is -0.495 e. The van der Waals surface area contributed by atoms with E-state index in [1.165, 1.54) is 19.2 Å². The van der Waals surface area contributed by atoms with Crippen LogP contribution >= 0.6 is 11.6 Å². The molecule has 0 aliphatic carbocycles. The fourth-order valence-corrected chi connectivity index (χ4v) is 4.49. The summed E-state index contributed by atoms with van der Waals surface area (Å²) in [5, 5.41) is 0.581. The highest BCUT2D eigenvalue weighted by molar-refractivity contribution is 7.89. The SMILES string of the molecule is COc1ccc(C(=O)N2CCCCC2)cc1S(=O)(=O)NCc1ccc(Cl)cc1. The van der Waals surface area contributed by atoms with Gasteiger partial charge < -0.3 is 9.64 Å². The summed E-state index contributed by atoms with van der Waals surface area (Å²) in [7, 11) is -2.47. The monoisotopic (exact) mass is 422 g/mol. The molecule has 0 radical (unpaired) electrons. The first-order valence-corrected chi connectivity index (χ1v) is 11.0. The molecule has 1 aliphatic rings. The van der Waals surface area contributed by atoms with Gasteiger partial charge in [0.25, 0.3) is 5.91 Å². The molecule has 1 saturated heterocycles. The lowest BCUT2D eigenvalue weighted by atomic mass is 10.1. The van der Waals surface area contributed by atoms with Crippen LogP contribution in [0.15, 0.2) is 47.4 Å². The highest BCUT2D eigenvalue weighted by atomic mass is 35.5. The molecule has 1 fully saturated rings. The molecule has 1 aliphatic heterocycles. The Balaban J connectivity index is 1.83. The van der Waals surface area contributed by atoms with Gasteiger partial charge in [0.2, 0.25) is 10.0 Å². The minimum atomic E-state index is -3.88. The highest BCUT2D eigenvalue weighted by Gasteiger charge is 2.24. The van der Waals surface area contributed by atoms with Crippen LogP contribution in [0, 0.1) is 0 Å². The normalized spacial score (nSPS) is 14.7. The molecule has 0 aromatic heterocycles. The van der Waals surface area contributed by atoms with Crippen molar-refractivity contribution < 1.29 is 17.9 Å². The Morgan fingerprint density at radius 3 is 2.43 bits per heavy atom. The molecule has 0 unspecified atom stereocenters. The predicted octanol–water partition coefficient (Wildman–Crippen LogP) is 3.45. The maximum atomic E-state index is 12.9. The molecule has 150 valence electrons. The van der Waals surface area contributed by atoms with Crippen LogP contribution in [-0.4, -0.2) is 39.4 Å². The zero-order chi connectivity index (χ0) is 20.1. The number of likely N-dealkylation sites (tertiary alicyclic amines) is 1. The van der Waals surface area contributed by atoms with Gasteiger partial charge >= 0.3 is 0 Å². The van der Waals surface area contributed by atoms with Crippen LogP contribution in [0.3, 0.4) is 0 Å². The van der Waals surface area contributed by atoms with E-state index < -0.39 is 10.0 Å². The Bertz CT molecular complexity index is 939. The fourth-order valence-electron chi connectivity index (χ4n) is 3.16. The summed E-state index contributed by atoms with van der Waals surface area (Å²) in [5.41, 5.74) is 1.11. The smallest absolute Gasteiger partial charge is 0.253 e. The van der Waals surface area contributed by atoms with Gasteiger partial charge in [0.05, 0.1) is 7.11 Å². The Kier molecular flexibility index (Phi) is 6.59. The van der Waals surface area contributed by atoms with Crippen molar-refractivity contribution in [2.75, 3.05) is 20.2 Å². The quantitative estimate of drug-likeness (QED) is 0.773. The first-order valence-electron chi connectivity index (χ1n) is 9.12. The first-order chi connectivity index (χ1) is 13.4. The Hall–Kier alpha value is -2.09. The number of methoxy groups -OCH3 is 1. The van der Waals surface area contributed by atoms with Gasteiger partial charge in [0.1, 0.15) is 10.6 Å². The van der Waals surface area contributed by atoms with E-state index in [0.717, 1.165) is 24.8 Å². The van der Waals surface area contributed by atoms with Gasteiger partial charge in [-0.05, 0) is 55.2 Å². The summed E-state index contributed by atoms with van der Waals surface area (Å²) in [5.74, 6) is 0.0373. The number of halogens is 1. The van der Waals surface area contributed by atoms with Crippen molar-refractivity contribution in [3.8, 4) is 5.75 Å². The molecular weight excluding hydrogens is 400 g/mol.